The van der Waals surface area contributed by atoms with Crippen molar-refractivity contribution in [1.29, 1.82) is 0 Å². The summed E-state index contributed by atoms with van der Waals surface area (Å²) in [5.41, 5.74) is 5.31. The zero-order valence-corrected chi connectivity index (χ0v) is 10.3. The number of hydrogen-bond donors (Lipinski definition) is 1. The van der Waals surface area contributed by atoms with Gasteiger partial charge in [0.25, 0.3) is 0 Å². The largest absolute Gasteiger partial charge is 0.448 e. The second-order valence-electron chi connectivity index (χ2n) is 3.67. The Hall–Kier alpha value is -2.08. The van der Waals surface area contributed by atoms with E-state index in [1.54, 1.807) is 0 Å². The SMILES string of the molecule is NC(=S)c1cc(F)c(Oc2ccccc2F)c(F)c1. The van der Waals surface area contributed by atoms with Crippen LogP contribution in [0.1, 0.15) is 5.56 Å². The minimum atomic E-state index is -1.01. The van der Waals surface area contributed by atoms with Crippen LogP contribution in [0, 0.1) is 17.5 Å². The summed E-state index contributed by atoms with van der Waals surface area (Å²) in [5, 5.41) is 0. The predicted molar refractivity (Wildman–Crippen MR) is 68.7 cm³/mol. The second-order valence-corrected chi connectivity index (χ2v) is 4.11. The van der Waals surface area contributed by atoms with Crippen LogP contribution < -0.4 is 10.5 Å². The molecule has 2 aromatic carbocycles. The number of thiocarbonyl (C=S) groups is 1. The van der Waals surface area contributed by atoms with Gasteiger partial charge in [-0.15, -0.1) is 0 Å². The number of ether oxygens (including phenoxy) is 1. The first-order chi connectivity index (χ1) is 8.99. The summed E-state index contributed by atoms with van der Waals surface area (Å²) in [6, 6.07) is 7.16. The van der Waals surface area contributed by atoms with Crippen LogP contribution in [0.2, 0.25) is 0 Å². The zero-order chi connectivity index (χ0) is 14.0. The molecule has 0 aromatic heterocycles. The maximum Gasteiger partial charge on any atom is 0.198 e. The van der Waals surface area contributed by atoms with Crippen LogP contribution in [0.3, 0.4) is 0 Å². The van der Waals surface area contributed by atoms with E-state index >= 15 is 0 Å². The highest BCUT2D eigenvalue weighted by Gasteiger charge is 2.16. The fraction of sp³-hybridized carbons (Fsp3) is 0. The average molecular weight is 283 g/mol. The van der Waals surface area contributed by atoms with Crippen molar-refractivity contribution in [3.05, 3.63) is 59.4 Å². The van der Waals surface area contributed by atoms with Crippen molar-refractivity contribution in [2.75, 3.05) is 0 Å². The number of hydrogen-bond acceptors (Lipinski definition) is 2. The van der Waals surface area contributed by atoms with Gasteiger partial charge in [-0.25, -0.2) is 13.2 Å². The van der Waals surface area contributed by atoms with Crippen LogP contribution in [0.4, 0.5) is 13.2 Å². The summed E-state index contributed by atoms with van der Waals surface area (Å²) in [7, 11) is 0. The van der Waals surface area contributed by atoms with Gasteiger partial charge < -0.3 is 10.5 Å². The standard InChI is InChI=1S/C13H8F3NOS/c14-8-3-1-2-4-11(8)18-12-9(15)5-7(13(17)19)6-10(12)16/h1-6H,(H2,17,19). The highest BCUT2D eigenvalue weighted by Crippen LogP contribution is 2.30. The molecule has 2 N–H and O–H groups in total. The summed E-state index contributed by atoms with van der Waals surface area (Å²) >= 11 is 4.62. The third kappa shape index (κ3) is 2.85. The summed E-state index contributed by atoms with van der Waals surface area (Å²) in [4.78, 5) is -0.143. The molecule has 0 aliphatic heterocycles. The summed E-state index contributed by atoms with van der Waals surface area (Å²) in [6.07, 6.45) is 0. The van der Waals surface area contributed by atoms with Gasteiger partial charge in [-0.1, -0.05) is 24.4 Å². The molecular weight excluding hydrogens is 275 g/mol. The molecule has 0 fully saturated rings. The van der Waals surface area contributed by atoms with E-state index in [1.807, 2.05) is 0 Å². The fourth-order valence-electron chi connectivity index (χ4n) is 1.44. The number of halogens is 3. The molecule has 0 saturated heterocycles. The Labute approximate surface area is 112 Å². The van der Waals surface area contributed by atoms with Gasteiger partial charge >= 0.3 is 0 Å². The van der Waals surface area contributed by atoms with Crippen molar-refractivity contribution < 1.29 is 17.9 Å². The van der Waals surface area contributed by atoms with E-state index in [0.29, 0.717) is 0 Å². The number of rotatable bonds is 3. The van der Waals surface area contributed by atoms with E-state index in [-0.39, 0.29) is 16.3 Å². The highest BCUT2D eigenvalue weighted by atomic mass is 32.1. The van der Waals surface area contributed by atoms with Gasteiger partial charge in [-0.05, 0) is 24.3 Å². The topological polar surface area (TPSA) is 35.2 Å². The second kappa shape index (κ2) is 5.27. The molecule has 0 spiro atoms. The molecule has 19 heavy (non-hydrogen) atoms. The molecule has 98 valence electrons. The minimum Gasteiger partial charge on any atom is -0.448 e. The first kappa shape index (κ1) is 13.4. The monoisotopic (exact) mass is 283 g/mol. The van der Waals surface area contributed by atoms with Crippen LogP contribution in [-0.2, 0) is 0 Å². The van der Waals surface area contributed by atoms with Crippen LogP contribution in [-0.4, -0.2) is 4.99 Å². The molecule has 0 aliphatic rings. The Kier molecular flexibility index (Phi) is 3.71. The minimum absolute atomic E-state index is 0.0332. The quantitative estimate of drug-likeness (QED) is 0.875. The van der Waals surface area contributed by atoms with Gasteiger partial charge in [0.2, 0.25) is 0 Å². The van der Waals surface area contributed by atoms with E-state index < -0.39 is 23.2 Å². The smallest absolute Gasteiger partial charge is 0.198 e. The van der Waals surface area contributed by atoms with Crippen molar-refractivity contribution in [2.45, 2.75) is 0 Å². The maximum absolute atomic E-state index is 13.7. The van der Waals surface area contributed by atoms with Gasteiger partial charge in [0.15, 0.2) is 29.0 Å². The van der Waals surface area contributed by atoms with Crippen LogP contribution >= 0.6 is 12.2 Å². The number of nitrogens with two attached hydrogens (primary N) is 1. The summed E-state index contributed by atoms with van der Waals surface area (Å²) in [6.45, 7) is 0. The Balaban J connectivity index is 2.42. The Bertz CT molecular complexity index is 623. The van der Waals surface area contributed by atoms with Gasteiger partial charge in [-0.2, -0.15) is 0 Å². The Morgan fingerprint density at radius 1 is 1.00 bits per heavy atom. The molecule has 2 rings (SSSR count). The third-order valence-electron chi connectivity index (χ3n) is 2.33. The summed E-state index contributed by atoms with van der Waals surface area (Å²) < 4.78 is 45.6. The van der Waals surface area contributed by atoms with Crippen LogP contribution in [0.25, 0.3) is 0 Å². The third-order valence-corrected chi connectivity index (χ3v) is 2.57. The van der Waals surface area contributed by atoms with Gasteiger partial charge in [0.05, 0.1) is 0 Å². The molecule has 2 nitrogen and oxygen atoms in total. The lowest BCUT2D eigenvalue weighted by Gasteiger charge is -2.09. The molecule has 0 heterocycles. The predicted octanol–water partition coefficient (Wildman–Crippen LogP) is 3.53. The van der Waals surface area contributed by atoms with Crippen molar-refractivity contribution in [3.8, 4) is 11.5 Å². The zero-order valence-electron chi connectivity index (χ0n) is 9.49. The number of benzene rings is 2. The maximum atomic E-state index is 13.7. The lowest BCUT2D eigenvalue weighted by Crippen LogP contribution is -2.10. The van der Waals surface area contributed by atoms with E-state index in [4.69, 9.17) is 10.5 Å². The molecule has 0 amide bonds. The molecule has 2 aromatic rings. The van der Waals surface area contributed by atoms with E-state index in [2.05, 4.69) is 12.2 Å². The lowest BCUT2D eigenvalue weighted by molar-refractivity contribution is 0.387. The first-order valence-electron chi connectivity index (χ1n) is 5.20. The van der Waals surface area contributed by atoms with Gasteiger partial charge in [0.1, 0.15) is 4.99 Å². The van der Waals surface area contributed by atoms with Gasteiger partial charge in [-0.3, -0.25) is 0 Å². The first-order valence-corrected chi connectivity index (χ1v) is 5.61. The molecule has 0 bridgehead atoms. The van der Waals surface area contributed by atoms with Crippen molar-refractivity contribution >= 4 is 17.2 Å². The fourth-order valence-corrected chi connectivity index (χ4v) is 1.55. The van der Waals surface area contributed by atoms with Crippen molar-refractivity contribution in [2.24, 2.45) is 5.73 Å². The normalized spacial score (nSPS) is 10.3. The molecular formula is C13H8F3NOS. The molecule has 0 aliphatic carbocycles. The van der Waals surface area contributed by atoms with Gasteiger partial charge in [0, 0.05) is 5.56 Å². The average Bonchev–Trinajstić information content (AvgIpc) is 2.35. The molecule has 0 atom stereocenters. The van der Waals surface area contributed by atoms with Crippen LogP contribution in [0.15, 0.2) is 36.4 Å². The van der Waals surface area contributed by atoms with Crippen molar-refractivity contribution in [3.63, 3.8) is 0 Å². The molecule has 0 saturated carbocycles. The lowest BCUT2D eigenvalue weighted by atomic mass is 10.2. The Morgan fingerprint density at radius 3 is 2.11 bits per heavy atom. The van der Waals surface area contributed by atoms with Crippen LogP contribution in [0.5, 0.6) is 11.5 Å². The molecule has 6 heteroatoms. The Morgan fingerprint density at radius 2 is 1.58 bits per heavy atom. The highest BCUT2D eigenvalue weighted by molar-refractivity contribution is 7.80. The molecule has 0 unspecified atom stereocenters. The van der Waals surface area contributed by atoms with Crippen molar-refractivity contribution in [1.82, 2.24) is 0 Å². The van der Waals surface area contributed by atoms with E-state index in [9.17, 15) is 13.2 Å². The number of para-hydroxylation sites is 1. The van der Waals surface area contributed by atoms with E-state index in [0.717, 1.165) is 18.2 Å². The molecule has 0 radical (unpaired) electrons. The van der Waals surface area contributed by atoms with E-state index in [1.165, 1.54) is 18.2 Å². The summed E-state index contributed by atoms with van der Waals surface area (Å²) in [5.74, 6) is -3.72.